The highest BCUT2D eigenvalue weighted by Crippen LogP contribution is 2.06. The van der Waals surface area contributed by atoms with Crippen LogP contribution in [0.2, 0.25) is 0 Å². The maximum absolute atomic E-state index is 11.1. The summed E-state index contributed by atoms with van der Waals surface area (Å²) in [5.74, 6) is 0.503. The van der Waals surface area contributed by atoms with Gasteiger partial charge < -0.3 is 15.8 Å². The Bertz CT molecular complexity index is 160. The van der Waals surface area contributed by atoms with E-state index in [0.717, 1.165) is 6.42 Å². The summed E-state index contributed by atoms with van der Waals surface area (Å²) in [5.41, 5.74) is 5.24. The zero-order chi connectivity index (χ0) is 11.0. The van der Waals surface area contributed by atoms with Crippen molar-refractivity contribution in [1.29, 1.82) is 0 Å². The fraction of sp³-hybridized carbons (Fsp3) is 0.900. The van der Waals surface area contributed by atoms with Crippen molar-refractivity contribution in [3.8, 4) is 0 Å². The van der Waals surface area contributed by atoms with Gasteiger partial charge in [0.2, 0.25) is 5.91 Å². The summed E-state index contributed by atoms with van der Waals surface area (Å²) in [7, 11) is 0. The molecule has 0 rings (SSSR count). The molecule has 0 aliphatic carbocycles. The lowest BCUT2D eigenvalue weighted by atomic mass is 10.1. The molecule has 0 saturated carbocycles. The van der Waals surface area contributed by atoms with Gasteiger partial charge in [0.05, 0.1) is 6.10 Å². The SMILES string of the molecule is CC(C)CC(C)OCC(=O)NCCN. The van der Waals surface area contributed by atoms with Crippen LogP contribution in [-0.2, 0) is 9.53 Å². The molecular formula is C10H22N2O2. The van der Waals surface area contributed by atoms with E-state index in [2.05, 4.69) is 19.2 Å². The predicted molar refractivity (Wildman–Crippen MR) is 56.9 cm³/mol. The third-order valence-corrected chi connectivity index (χ3v) is 1.77. The Kier molecular flexibility index (Phi) is 7.42. The van der Waals surface area contributed by atoms with E-state index in [-0.39, 0.29) is 18.6 Å². The minimum Gasteiger partial charge on any atom is -0.369 e. The van der Waals surface area contributed by atoms with Crippen molar-refractivity contribution in [1.82, 2.24) is 5.32 Å². The van der Waals surface area contributed by atoms with Crippen molar-refractivity contribution in [2.75, 3.05) is 19.7 Å². The number of nitrogens with two attached hydrogens (primary N) is 1. The molecule has 0 heterocycles. The molecule has 0 aromatic heterocycles. The van der Waals surface area contributed by atoms with Gasteiger partial charge in [-0.15, -0.1) is 0 Å². The second-order valence-corrected chi connectivity index (χ2v) is 3.89. The highest BCUT2D eigenvalue weighted by molar-refractivity contribution is 5.77. The lowest BCUT2D eigenvalue weighted by Gasteiger charge is -2.14. The van der Waals surface area contributed by atoms with Crippen LogP contribution in [0.15, 0.2) is 0 Å². The van der Waals surface area contributed by atoms with Crippen molar-refractivity contribution in [2.45, 2.75) is 33.3 Å². The van der Waals surface area contributed by atoms with Crippen LogP contribution in [0, 0.1) is 5.92 Å². The Hall–Kier alpha value is -0.610. The van der Waals surface area contributed by atoms with Crippen LogP contribution >= 0.6 is 0 Å². The summed E-state index contributed by atoms with van der Waals surface area (Å²) in [5, 5.41) is 2.65. The minimum atomic E-state index is -0.0916. The largest absolute Gasteiger partial charge is 0.369 e. The molecule has 3 N–H and O–H groups in total. The van der Waals surface area contributed by atoms with E-state index in [1.54, 1.807) is 0 Å². The number of ether oxygens (including phenoxy) is 1. The van der Waals surface area contributed by atoms with Crippen LogP contribution < -0.4 is 11.1 Å². The Balaban J connectivity index is 3.45. The number of hydrogen-bond acceptors (Lipinski definition) is 3. The smallest absolute Gasteiger partial charge is 0.246 e. The molecule has 1 amide bonds. The standard InChI is InChI=1S/C10H22N2O2/c1-8(2)6-9(3)14-7-10(13)12-5-4-11/h8-9H,4-7,11H2,1-3H3,(H,12,13). The molecule has 4 heteroatoms. The van der Waals surface area contributed by atoms with Crippen LogP contribution in [-0.4, -0.2) is 31.7 Å². The Morgan fingerprint density at radius 1 is 1.43 bits per heavy atom. The van der Waals surface area contributed by atoms with E-state index in [0.29, 0.717) is 19.0 Å². The fourth-order valence-electron chi connectivity index (χ4n) is 1.21. The van der Waals surface area contributed by atoms with E-state index in [4.69, 9.17) is 10.5 Å². The van der Waals surface area contributed by atoms with E-state index in [1.807, 2.05) is 6.92 Å². The average molecular weight is 202 g/mol. The molecule has 0 spiro atoms. The molecule has 4 nitrogen and oxygen atoms in total. The first-order valence-electron chi connectivity index (χ1n) is 5.14. The lowest BCUT2D eigenvalue weighted by Crippen LogP contribution is -2.33. The predicted octanol–water partition coefficient (Wildman–Crippen LogP) is 0.513. The van der Waals surface area contributed by atoms with Gasteiger partial charge in [-0.1, -0.05) is 13.8 Å². The summed E-state index contributed by atoms with van der Waals surface area (Å²) in [6, 6.07) is 0. The van der Waals surface area contributed by atoms with E-state index < -0.39 is 0 Å². The first kappa shape index (κ1) is 13.4. The van der Waals surface area contributed by atoms with Crippen molar-refractivity contribution in [3.05, 3.63) is 0 Å². The van der Waals surface area contributed by atoms with Crippen LogP contribution in [0.3, 0.4) is 0 Å². The number of carbonyl (C=O) groups is 1. The summed E-state index contributed by atoms with van der Waals surface area (Å²) < 4.78 is 5.36. The van der Waals surface area contributed by atoms with Crippen molar-refractivity contribution < 1.29 is 9.53 Å². The monoisotopic (exact) mass is 202 g/mol. The third kappa shape index (κ3) is 8.01. The first-order chi connectivity index (χ1) is 6.56. The molecule has 0 fully saturated rings. The normalized spacial score (nSPS) is 12.9. The molecular weight excluding hydrogens is 180 g/mol. The van der Waals surface area contributed by atoms with Crippen LogP contribution in [0.5, 0.6) is 0 Å². The quantitative estimate of drug-likeness (QED) is 0.632. The molecule has 84 valence electrons. The maximum Gasteiger partial charge on any atom is 0.246 e. The third-order valence-electron chi connectivity index (χ3n) is 1.77. The van der Waals surface area contributed by atoms with Gasteiger partial charge in [-0.2, -0.15) is 0 Å². The molecule has 0 radical (unpaired) electrons. The topological polar surface area (TPSA) is 64.3 Å². The van der Waals surface area contributed by atoms with Crippen LogP contribution in [0.4, 0.5) is 0 Å². The Morgan fingerprint density at radius 3 is 2.57 bits per heavy atom. The van der Waals surface area contributed by atoms with Crippen molar-refractivity contribution in [3.63, 3.8) is 0 Å². The molecule has 0 saturated heterocycles. The lowest BCUT2D eigenvalue weighted by molar-refractivity contribution is -0.127. The minimum absolute atomic E-state index is 0.0916. The highest BCUT2D eigenvalue weighted by atomic mass is 16.5. The van der Waals surface area contributed by atoms with Crippen LogP contribution in [0.1, 0.15) is 27.2 Å². The van der Waals surface area contributed by atoms with Crippen LogP contribution in [0.25, 0.3) is 0 Å². The summed E-state index contributed by atoms with van der Waals surface area (Å²) >= 11 is 0. The van der Waals surface area contributed by atoms with Gasteiger partial charge in [-0.05, 0) is 19.3 Å². The van der Waals surface area contributed by atoms with E-state index in [9.17, 15) is 4.79 Å². The molecule has 14 heavy (non-hydrogen) atoms. The fourth-order valence-corrected chi connectivity index (χ4v) is 1.21. The second-order valence-electron chi connectivity index (χ2n) is 3.89. The number of hydrogen-bond donors (Lipinski definition) is 2. The highest BCUT2D eigenvalue weighted by Gasteiger charge is 2.07. The van der Waals surface area contributed by atoms with Gasteiger partial charge in [0.1, 0.15) is 6.61 Å². The molecule has 1 unspecified atom stereocenters. The van der Waals surface area contributed by atoms with E-state index >= 15 is 0 Å². The average Bonchev–Trinajstić information content (AvgIpc) is 2.10. The van der Waals surface area contributed by atoms with Gasteiger partial charge in [0.15, 0.2) is 0 Å². The van der Waals surface area contributed by atoms with Crippen molar-refractivity contribution >= 4 is 5.91 Å². The molecule has 1 atom stereocenters. The van der Waals surface area contributed by atoms with Gasteiger partial charge in [-0.3, -0.25) is 4.79 Å². The molecule has 0 bridgehead atoms. The van der Waals surface area contributed by atoms with E-state index in [1.165, 1.54) is 0 Å². The second kappa shape index (κ2) is 7.76. The summed E-state index contributed by atoms with van der Waals surface area (Å²) in [4.78, 5) is 11.1. The zero-order valence-corrected chi connectivity index (χ0v) is 9.38. The number of amides is 1. The van der Waals surface area contributed by atoms with Gasteiger partial charge >= 0.3 is 0 Å². The van der Waals surface area contributed by atoms with Crippen molar-refractivity contribution in [2.24, 2.45) is 11.7 Å². The molecule has 0 aliphatic heterocycles. The van der Waals surface area contributed by atoms with Gasteiger partial charge in [0, 0.05) is 13.1 Å². The Morgan fingerprint density at radius 2 is 2.07 bits per heavy atom. The first-order valence-corrected chi connectivity index (χ1v) is 5.14. The maximum atomic E-state index is 11.1. The number of carbonyl (C=O) groups excluding carboxylic acids is 1. The number of rotatable bonds is 7. The van der Waals surface area contributed by atoms with Gasteiger partial charge in [0.25, 0.3) is 0 Å². The Labute approximate surface area is 86.2 Å². The molecule has 0 aromatic rings. The summed E-state index contributed by atoms with van der Waals surface area (Å²) in [6.07, 6.45) is 1.11. The molecule has 0 aliphatic rings. The van der Waals surface area contributed by atoms with Gasteiger partial charge in [-0.25, -0.2) is 0 Å². The zero-order valence-electron chi connectivity index (χ0n) is 9.38. The molecule has 0 aromatic carbocycles. The number of nitrogens with one attached hydrogen (secondary N) is 1. The summed E-state index contributed by atoms with van der Waals surface area (Å²) in [6.45, 7) is 7.36.